The highest BCUT2D eigenvalue weighted by molar-refractivity contribution is 5.94. The highest BCUT2D eigenvalue weighted by atomic mass is 16.1. The Kier molecular flexibility index (Phi) is 2.92. The highest BCUT2D eigenvalue weighted by Crippen LogP contribution is 2.30. The van der Waals surface area contributed by atoms with Gasteiger partial charge >= 0.3 is 0 Å². The number of ketones is 1. The van der Waals surface area contributed by atoms with E-state index in [1.54, 1.807) is 6.20 Å². The van der Waals surface area contributed by atoms with Crippen LogP contribution in [0.1, 0.15) is 36.2 Å². The van der Waals surface area contributed by atoms with Crippen LogP contribution < -0.4 is 0 Å². The molecule has 0 saturated heterocycles. The molecule has 2 aromatic rings. The van der Waals surface area contributed by atoms with Crippen molar-refractivity contribution in [1.29, 1.82) is 0 Å². The minimum atomic E-state index is 0.113. The van der Waals surface area contributed by atoms with Crippen LogP contribution in [0.5, 0.6) is 0 Å². The van der Waals surface area contributed by atoms with Crippen LogP contribution in [0.3, 0.4) is 0 Å². The molecule has 0 amide bonds. The molecule has 0 unspecified atom stereocenters. The van der Waals surface area contributed by atoms with Crippen molar-refractivity contribution in [3.8, 4) is 5.69 Å². The van der Waals surface area contributed by atoms with E-state index < -0.39 is 0 Å². The minimum absolute atomic E-state index is 0.113. The fraction of sp³-hybridized carbons (Fsp3) is 0.357. The molecule has 1 fully saturated rings. The van der Waals surface area contributed by atoms with E-state index in [2.05, 4.69) is 10.2 Å². The number of rotatable bonds is 4. The van der Waals surface area contributed by atoms with Crippen molar-refractivity contribution in [2.24, 2.45) is 5.92 Å². The lowest BCUT2D eigenvalue weighted by molar-refractivity contribution is 0.0931. The van der Waals surface area contributed by atoms with Crippen LogP contribution in [0.15, 0.2) is 36.5 Å². The molecule has 0 spiro atoms. The van der Waals surface area contributed by atoms with E-state index in [0.29, 0.717) is 18.0 Å². The van der Waals surface area contributed by atoms with Gasteiger partial charge in [0, 0.05) is 6.42 Å². The zero-order valence-corrected chi connectivity index (χ0v) is 10.1. The van der Waals surface area contributed by atoms with E-state index in [1.165, 1.54) is 24.1 Å². The van der Waals surface area contributed by atoms with Crippen LogP contribution in [-0.2, 0) is 0 Å². The molecular weight excluding hydrogens is 226 g/mol. The molecule has 0 atom stereocenters. The van der Waals surface area contributed by atoms with Crippen molar-refractivity contribution in [2.75, 3.05) is 0 Å². The van der Waals surface area contributed by atoms with Gasteiger partial charge in [0.25, 0.3) is 0 Å². The second-order valence-corrected chi connectivity index (χ2v) is 4.78. The van der Waals surface area contributed by atoms with Crippen molar-refractivity contribution in [3.05, 3.63) is 42.2 Å². The van der Waals surface area contributed by atoms with Gasteiger partial charge in [-0.15, -0.1) is 5.10 Å². The number of carbonyl (C=O) groups is 1. The molecule has 1 saturated carbocycles. The van der Waals surface area contributed by atoms with E-state index in [4.69, 9.17) is 0 Å². The number of benzene rings is 1. The Labute approximate surface area is 106 Å². The second kappa shape index (κ2) is 4.72. The predicted molar refractivity (Wildman–Crippen MR) is 67.6 cm³/mol. The molecular formula is C14H15N3O. The highest BCUT2D eigenvalue weighted by Gasteiger charge is 2.22. The summed E-state index contributed by atoms with van der Waals surface area (Å²) in [5.41, 5.74) is 1.35. The Morgan fingerprint density at radius 3 is 2.72 bits per heavy atom. The van der Waals surface area contributed by atoms with E-state index in [1.807, 2.05) is 30.3 Å². The Bertz CT molecular complexity index is 543. The molecule has 92 valence electrons. The summed E-state index contributed by atoms with van der Waals surface area (Å²) in [4.78, 5) is 13.5. The molecule has 1 aliphatic rings. The minimum Gasteiger partial charge on any atom is -0.292 e. The Morgan fingerprint density at radius 2 is 2.06 bits per heavy atom. The van der Waals surface area contributed by atoms with Gasteiger partial charge in [-0.3, -0.25) is 4.79 Å². The lowest BCUT2D eigenvalue weighted by Gasteiger charge is -2.23. The monoisotopic (exact) mass is 241 g/mol. The zero-order chi connectivity index (χ0) is 12.4. The molecule has 1 aromatic heterocycles. The molecule has 0 N–H and O–H groups in total. The van der Waals surface area contributed by atoms with Crippen molar-refractivity contribution in [3.63, 3.8) is 0 Å². The number of carbonyl (C=O) groups excluding carboxylic acids is 1. The number of hydrogen-bond acceptors (Lipinski definition) is 3. The maximum absolute atomic E-state index is 12.0. The summed E-state index contributed by atoms with van der Waals surface area (Å²) in [5.74, 6) is 0.682. The van der Waals surface area contributed by atoms with E-state index >= 15 is 0 Å². The van der Waals surface area contributed by atoms with Gasteiger partial charge < -0.3 is 0 Å². The molecule has 4 heteroatoms. The molecule has 1 aromatic carbocycles. The molecule has 18 heavy (non-hydrogen) atoms. The van der Waals surface area contributed by atoms with Gasteiger partial charge in [0.15, 0.2) is 5.78 Å². The van der Waals surface area contributed by atoms with Gasteiger partial charge in [-0.05, 0) is 18.1 Å². The zero-order valence-electron chi connectivity index (χ0n) is 10.1. The third-order valence-corrected chi connectivity index (χ3v) is 3.46. The van der Waals surface area contributed by atoms with Crippen LogP contribution >= 0.6 is 0 Å². The van der Waals surface area contributed by atoms with Crippen LogP contribution in [0, 0.1) is 5.92 Å². The molecule has 0 aliphatic heterocycles. The van der Waals surface area contributed by atoms with E-state index in [-0.39, 0.29) is 5.78 Å². The maximum atomic E-state index is 12.0. The summed E-state index contributed by atoms with van der Waals surface area (Å²) >= 11 is 0. The van der Waals surface area contributed by atoms with Gasteiger partial charge in [0.1, 0.15) is 5.69 Å². The number of Topliss-reactive ketones (excluding diaryl/α,β-unsaturated/α-hetero) is 1. The first-order valence-electron chi connectivity index (χ1n) is 6.34. The number of aromatic nitrogens is 3. The molecule has 4 nitrogen and oxygen atoms in total. The topological polar surface area (TPSA) is 47.8 Å². The quantitative estimate of drug-likeness (QED) is 0.773. The Hall–Kier alpha value is -1.97. The predicted octanol–water partition coefficient (Wildman–Crippen LogP) is 2.64. The largest absolute Gasteiger partial charge is 0.292 e. The number of para-hydroxylation sites is 1. The van der Waals surface area contributed by atoms with Gasteiger partial charge in [-0.1, -0.05) is 37.5 Å². The van der Waals surface area contributed by atoms with E-state index in [0.717, 1.165) is 5.69 Å². The normalized spacial score (nSPS) is 15.3. The third kappa shape index (κ3) is 2.18. The van der Waals surface area contributed by atoms with Crippen LogP contribution in [0.2, 0.25) is 0 Å². The molecule has 3 rings (SSSR count). The Balaban J connectivity index is 1.74. The smallest absolute Gasteiger partial charge is 0.185 e. The van der Waals surface area contributed by atoms with Crippen LogP contribution in [0.4, 0.5) is 0 Å². The summed E-state index contributed by atoms with van der Waals surface area (Å²) in [6, 6.07) is 9.62. The number of hydrogen-bond donors (Lipinski definition) is 0. The van der Waals surface area contributed by atoms with Gasteiger partial charge in [0.05, 0.1) is 11.9 Å². The summed E-state index contributed by atoms with van der Waals surface area (Å²) in [7, 11) is 0. The van der Waals surface area contributed by atoms with Crippen molar-refractivity contribution in [1.82, 2.24) is 15.0 Å². The summed E-state index contributed by atoms with van der Waals surface area (Å²) < 4.78 is 0. The molecule has 0 radical (unpaired) electrons. The number of nitrogens with zero attached hydrogens (tertiary/aromatic N) is 3. The summed E-state index contributed by atoms with van der Waals surface area (Å²) in [6.45, 7) is 0. The SMILES string of the molecule is O=C(CC1CCC1)c1cnn(-c2ccccc2)n1. The van der Waals surface area contributed by atoms with Gasteiger partial charge in [-0.25, -0.2) is 0 Å². The molecule has 1 heterocycles. The van der Waals surface area contributed by atoms with Gasteiger partial charge in [-0.2, -0.15) is 9.90 Å². The van der Waals surface area contributed by atoms with Gasteiger partial charge in [0.2, 0.25) is 0 Å². The second-order valence-electron chi connectivity index (χ2n) is 4.78. The fourth-order valence-electron chi connectivity index (χ4n) is 2.14. The summed E-state index contributed by atoms with van der Waals surface area (Å²) in [5, 5.41) is 8.39. The van der Waals surface area contributed by atoms with E-state index in [9.17, 15) is 4.79 Å². The average Bonchev–Trinajstić information content (AvgIpc) is 2.84. The Morgan fingerprint density at radius 1 is 1.28 bits per heavy atom. The van der Waals surface area contributed by atoms with Crippen molar-refractivity contribution < 1.29 is 4.79 Å². The summed E-state index contributed by atoms with van der Waals surface area (Å²) in [6.07, 6.45) is 5.80. The lowest BCUT2D eigenvalue weighted by Crippen LogP contribution is -2.16. The average molecular weight is 241 g/mol. The third-order valence-electron chi connectivity index (χ3n) is 3.46. The lowest BCUT2D eigenvalue weighted by atomic mass is 9.81. The van der Waals surface area contributed by atoms with Crippen molar-refractivity contribution in [2.45, 2.75) is 25.7 Å². The fourth-order valence-corrected chi connectivity index (χ4v) is 2.14. The first-order valence-corrected chi connectivity index (χ1v) is 6.34. The van der Waals surface area contributed by atoms with Crippen LogP contribution in [0.25, 0.3) is 5.69 Å². The van der Waals surface area contributed by atoms with Crippen LogP contribution in [-0.4, -0.2) is 20.8 Å². The molecule has 1 aliphatic carbocycles. The first-order chi connectivity index (χ1) is 8.83. The standard InChI is InChI=1S/C14H15N3O/c18-14(9-11-5-4-6-11)13-10-15-17(16-13)12-7-2-1-3-8-12/h1-3,7-8,10-11H,4-6,9H2. The first kappa shape index (κ1) is 11.1. The van der Waals surface area contributed by atoms with Crippen molar-refractivity contribution >= 4 is 5.78 Å². The maximum Gasteiger partial charge on any atom is 0.185 e. The molecule has 0 bridgehead atoms.